The molecule has 116 heavy (non-hydrogen) atoms. The van der Waals surface area contributed by atoms with E-state index in [0.29, 0.717) is 34.9 Å². The van der Waals surface area contributed by atoms with E-state index in [1.807, 2.05) is 48.5 Å². The topological polar surface area (TPSA) is 139 Å². The van der Waals surface area contributed by atoms with Crippen LogP contribution in [0.25, 0.3) is 190 Å². The number of nitrogens with zero attached hydrogens (tertiary/aromatic N) is 12. The monoisotopic (exact) mass is 1490 g/mol. The Kier molecular flexibility index (Phi) is 16.6. The van der Waals surface area contributed by atoms with Crippen LogP contribution < -0.4 is 0 Å². The molecule has 548 valence electrons. The van der Waals surface area contributed by atoms with Gasteiger partial charge in [-0.2, -0.15) is 0 Å². The molecule has 12 nitrogen and oxygen atoms in total. The van der Waals surface area contributed by atoms with Crippen LogP contribution in [0.15, 0.2) is 365 Å². The molecule has 0 amide bonds. The van der Waals surface area contributed by atoms with Gasteiger partial charge >= 0.3 is 0 Å². The van der Waals surface area contributed by atoms with Crippen molar-refractivity contribution >= 4 is 43.6 Å². The molecule has 22 rings (SSSR count). The fraction of sp³-hybridized carbons (Fsp3) is 0.0577. The first-order valence-corrected chi connectivity index (χ1v) is 39.1. The van der Waals surface area contributed by atoms with E-state index < -0.39 is 0 Å². The number of benzene rings is 12. The van der Waals surface area contributed by atoms with Crippen LogP contribution >= 0.6 is 0 Å². The summed E-state index contributed by atoms with van der Waals surface area (Å²) in [5.74, 6) is 3.45. The van der Waals surface area contributed by atoms with E-state index in [-0.39, 0.29) is 10.8 Å². The molecule has 12 heteroatoms. The van der Waals surface area contributed by atoms with Gasteiger partial charge in [0, 0.05) is 138 Å². The third-order valence-corrected chi connectivity index (χ3v) is 23.3. The van der Waals surface area contributed by atoms with Gasteiger partial charge in [0.25, 0.3) is 0 Å². The van der Waals surface area contributed by atoms with Crippen LogP contribution in [0.4, 0.5) is 0 Å². The third-order valence-electron chi connectivity index (χ3n) is 23.3. The summed E-state index contributed by atoms with van der Waals surface area (Å²) in [6.07, 6.45) is 14.1. The predicted molar refractivity (Wildman–Crippen MR) is 469 cm³/mol. The van der Waals surface area contributed by atoms with Crippen molar-refractivity contribution in [3.05, 3.63) is 387 Å². The summed E-state index contributed by atoms with van der Waals surface area (Å²) >= 11 is 0. The molecule has 2 aliphatic carbocycles. The minimum absolute atomic E-state index is 0.121. The van der Waals surface area contributed by atoms with Crippen LogP contribution in [0.1, 0.15) is 49.9 Å². The van der Waals surface area contributed by atoms with Crippen LogP contribution in [0.5, 0.6) is 0 Å². The number of fused-ring (bicyclic) bond motifs is 13. The standard InChI is InChI=1S/2C52H36N6/c1-52(2)44-19-11-9-17-38(44)42-32-47-43(31-45(42)52)39-18-10-12-20-46(39)58(47)48-40(33-13-5-3-6-14-33)29-37(30-41(48)34-15-7-4-8-16-34)51-56-49(35-21-25-53-26-22-35)55-50(57-51)36-23-27-54-28-24-36;1-52(2)42-19-11-9-17-38(42)46-43(52)21-22-45-47(46)39-18-10-12-20-44(39)58(45)48-40(33-13-5-3-6-14-33)31-37(32-41(48)34-15-7-4-8-16-34)51-56-49(35-23-27-53-28-24-35)55-50(57-51)36-25-29-54-30-26-36/h2*3-32H,1-2H3. The second-order valence-electron chi connectivity index (χ2n) is 30.7. The highest BCUT2D eigenvalue weighted by molar-refractivity contribution is 6.19. The lowest BCUT2D eigenvalue weighted by molar-refractivity contribution is 0.661. The summed E-state index contributed by atoms with van der Waals surface area (Å²) in [5, 5.41) is 4.95. The molecule has 12 aromatic carbocycles. The Bertz CT molecular complexity index is 6710. The SMILES string of the molecule is CC1(C)c2ccccc2-c2c1ccc1c2c2ccccc2n1-c1c(-c2ccccc2)cc(-c2nc(-c3ccncc3)nc(-c3ccncc3)n2)cc1-c1ccccc1.CC1(C)c2ccccc2-c2cc3c(cc21)c1ccccc1n3-c1c(-c2ccccc2)cc(-c2nc(-c3ccncc3)nc(-c3ccncc3)n2)cc1-c1ccccc1. The molecule has 0 saturated heterocycles. The van der Waals surface area contributed by atoms with Crippen LogP contribution in [-0.4, -0.2) is 59.0 Å². The van der Waals surface area contributed by atoms with Gasteiger partial charge in [0.1, 0.15) is 0 Å². The zero-order valence-electron chi connectivity index (χ0n) is 64.0. The maximum absolute atomic E-state index is 5.16. The molecule has 0 unspecified atom stereocenters. The molecule has 0 spiro atoms. The van der Waals surface area contributed by atoms with Crippen molar-refractivity contribution in [3.8, 4) is 146 Å². The Morgan fingerprint density at radius 1 is 0.207 bits per heavy atom. The first kappa shape index (κ1) is 68.9. The quantitative estimate of drug-likeness (QED) is 0.116. The number of rotatable bonds is 12. The van der Waals surface area contributed by atoms with Gasteiger partial charge < -0.3 is 9.13 Å². The largest absolute Gasteiger partial charge is 0.308 e. The molecule has 0 radical (unpaired) electrons. The van der Waals surface area contributed by atoms with Gasteiger partial charge in [0.05, 0.1) is 33.4 Å². The maximum Gasteiger partial charge on any atom is 0.164 e. The summed E-state index contributed by atoms with van der Waals surface area (Å²) < 4.78 is 4.98. The second-order valence-corrected chi connectivity index (χ2v) is 30.7. The summed E-state index contributed by atoms with van der Waals surface area (Å²) in [4.78, 5) is 47.6. The molecule has 0 atom stereocenters. The van der Waals surface area contributed by atoms with Crippen molar-refractivity contribution in [2.45, 2.75) is 38.5 Å². The molecule has 2 aliphatic rings. The number of para-hydroxylation sites is 2. The van der Waals surface area contributed by atoms with Gasteiger partial charge in [0.15, 0.2) is 34.9 Å². The van der Waals surface area contributed by atoms with E-state index in [1.165, 1.54) is 66.1 Å². The number of hydrogen-bond acceptors (Lipinski definition) is 10. The zero-order chi connectivity index (χ0) is 77.6. The number of hydrogen-bond donors (Lipinski definition) is 0. The Morgan fingerprint density at radius 2 is 0.534 bits per heavy atom. The fourth-order valence-electron chi connectivity index (χ4n) is 17.8. The van der Waals surface area contributed by atoms with Gasteiger partial charge in [-0.25, -0.2) is 29.9 Å². The Hall–Kier alpha value is -15.1. The smallest absolute Gasteiger partial charge is 0.164 e. The van der Waals surface area contributed by atoms with Gasteiger partial charge in [-0.3, -0.25) is 19.9 Å². The van der Waals surface area contributed by atoms with Crippen molar-refractivity contribution in [2.75, 3.05) is 0 Å². The van der Waals surface area contributed by atoms with E-state index in [2.05, 4.69) is 324 Å². The van der Waals surface area contributed by atoms with Crippen molar-refractivity contribution in [1.82, 2.24) is 59.0 Å². The van der Waals surface area contributed by atoms with Crippen molar-refractivity contribution in [3.63, 3.8) is 0 Å². The third kappa shape index (κ3) is 11.6. The minimum Gasteiger partial charge on any atom is -0.308 e. The molecule has 0 aliphatic heterocycles. The minimum atomic E-state index is -0.121. The van der Waals surface area contributed by atoms with Crippen LogP contribution in [0, 0.1) is 0 Å². The lowest BCUT2D eigenvalue weighted by Gasteiger charge is -2.22. The fourth-order valence-corrected chi connectivity index (χ4v) is 17.8. The summed E-state index contributed by atoms with van der Waals surface area (Å²) in [5.41, 5.74) is 31.1. The van der Waals surface area contributed by atoms with Gasteiger partial charge in [-0.15, -0.1) is 0 Å². The van der Waals surface area contributed by atoms with Gasteiger partial charge in [-0.1, -0.05) is 240 Å². The van der Waals surface area contributed by atoms with E-state index in [4.69, 9.17) is 29.9 Å². The normalized spacial score (nSPS) is 12.8. The van der Waals surface area contributed by atoms with Gasteiger partial charge in [-0.05, 0) is 170 Å². The van der Waals surface area contributed by atoms with E-state index in [0.717, 1.165) is 111 Å². The second kappa shape index (κ2) is 28.0. The summed E-state index contributed by atoms with van der Waals surface area (Å²) in [7, 11) is 0. The van der Waals surface area contributed by atoms with Crippen molar-refractivity contribution in [1.29, 1.82) is 0 Å². The number of pyridine rings is 4. The molecule has 0 fully saturated rings. The Balaban J connectivity index is 0.000000145. The van der Waals surface area contributed by atoms with E-state index in [1.54, 1.807) is 49.6 Å². The Labute approximate surface area is 670 Å². The predicted octanol–water partition coefficient (Wildman–Crippen LogP) is 24.8. The molecule has 20 aromatic rings. The molecule has 0 N–H and O–H groups in total. The average Bonchev–Trinajstić information content (AvgIpc) is 1.63. The highest BCUT2D eigenvalue weighted by Crippen LogP contribution is 2.56. The summed E-state index contributed by atoms with van der Waals surface area (Å²) in [6.45, 7) is 9.40. The van der Waals surface area contributed by atoms with Crippen LogP contribution in [0.3, 0.4) is 0 Å². The van der Waals surface area contributed by atoms with Crippen molar-refractivity contribution < 1.29 is 0 Å². The van der Waals surface area contributed by atoms with E-state index in [9.17, 15) is 0 Å². The summed E-state index contributed by atoms with van der Waals surface area (Å²) in [6, 6.07) is 112. The first-order chi connectivity index (χ1) is 57.1. The molecular weight excluding hydrogens is 1420 g/mol. The van der Waals surface area contributed by atoms with E-state index >= 15 is 0 Å². The Morgan fingerprint density at radius 3 is 0.957 bits per heavy atom. The molecular formula is C104H72N12. The molecule has 0 bridgehead atoms. The van der Waals surface area contributed by atoms with Crippen LogP contribution in [-0.2, 0) is 10.8 Å². The van der Waals surface area contributed by atoms with Crippen LogP contribution in [0.2, 0.25) is 0 Å². The molecule has 8 aromatic heterocycles. The lowest BCUT2D eigenvalue weighted by atomic mass is 9.82. The highest BCUT2D eigenvalue weighted by Gasteiger charge is 2.39. The molecule has 8 heterocycles. The maximum atomic E-state index is 5.16. The highest BCUT2D eigenvalue weighted by atomic mass is 15.1. The average molecular weight is 1490 g/mol. The first-order valence-electron chi connectivity index (χ1n) is 39.1. The van der Waals surface area contributed by atoms with Gasteiger partial charge in [0.2, 0.25) is 0 Å². The lowest BCUT2D eigenvalue weighted by Crippen LogP contribution is -2.14. The zero-order valence-corrected chi connectivity index (χ0v) is 64.0. The van der Waals surface area contributed by atoms with Crippen molar-refractivity contribution in [2.24, 2.45) is 0 Å². The molecule has 0 saturated carbocycles. The number of aromatic nitrogens is 12.